The number of carbonyl (C=O) groups is 2. The molecule has 0 fully saturated rings. The first kappa shape index (κ1) is 16.9. The van der Waals surface area contributed by atoms with Gasteiger partial charge in [-0.3, -0.25) is 4.79 Å². The Morgan fingerprint density at radius 2 is 1.90 bits per heavy atom. The Hall–Kier alpha value is -2.14. The molecule has 0 aromatic heterocycles. The van der Waals surface area contributed by atoms with Crippen LogP contribution in [0.2, 0.25) is 0 Å². The average molecular weight is 290 g/mol. The molecule has 0 aliphatic heterocycles. The molecule has 0 saturated heterocycles. The van der Waals surface area contributed by atoms with Crippen LogP contribution in [0.3, 0.4) is 0 Å². The van der Waals surface area contributed by atoms with E-state index in [-0.39, 0.29) is 17.8 Å². The van der Waals surface area contributed by atoms with Crippen molar-refractivity contribution in [3.05, 3.63) is 35.9 Å². The highest BCUT2D eigenvalue weighted by Crippen LogP contribution is 2.12. The van der Waals surface area contributed by atoms with Gasteiger partial charge in [-0.05, 0) is 36.6 Å². The molecular formula is C16H22N2O3. The number of rotatable bonds is 6. The van der Waals surface area contributed by atoms with Crippen LogP contribution >= 0.6 is 0 Å². The van der Waals surface area contributed by atoms with E-state index in [1.165, 1.54) is 6.08 Å². The minimum absolute atomic E-state index is 0.0804. The summed E-state index contributed by atoms with van der Waals surface area (Å²) < 4.78 is 4.79. The molecule has 1 aromatic carbocycles. The summed E-state index contributed by atoms with van der Waals surface area (Å²) in [6.07, 6.45) is 3.02. The van der Waals surface area contributed by atoms with Crippen molar-refractivity contribution in [2.45, 2.75) is 26.8 Å². The molecular weight excluding hydrogens is 268 g/mol. The van der Waals surface area contributed by atoms with Gasteiger partial charge < -0.3 is 15.8 Å². The van der Waals surface area contributed by atoms with Crippen molar-refractivity contribution in [3.8, 4) is 0 Å². The lowest BCUT2D eigenvalue weighted by molar-refractivity contribution is -0.137. The van der Waals surface area contributed by atoms with Gasteiger partial charge in [0.15, 0.2) is 0 Å². The fourth-order valence-corrected chi connectivity index (χ4v) is 1.56. The fraction of sp³-hybridized carbons (Fsp3) is 0.375. The van der Waals surface area contributed by atoms with Crippen molar-refractivity contribution in [1.29, 1.82) is 0 Å². The third-order valence-corrected chi connectivity index (χ3v) is 2.90. The van der Waals surface area contributed by atoms with E-state index in [0.29, 0.717) is 12.3 Å². The second-order valence-electron chi connectivity index (χ2n) is 4.97. The van der Waals surface area contributed by atoms with E-state index in [1.807, 2.05) is 13.8 Å². The van der Waals surface area contributed by atoms with Crippen LogP contribution in [-0.4, -0.2) is 24.5 Å². The molecule has 1 atom stereocenters. The Labute approximate surface area is 125 Å². The third kappa shape index (κ3) is 5.79. The summed E-state index contributed by atoms with van der Waals surface area (Å²) in [4.78, 5) is 23.0. The molecule has 0 bridgehead atoms. The minimum atomic E-state index is -0.534. The highest BCUT2D eigenvalue weighted by Gasteiger charge is 2.16. The molecule has 1 amide bonds. The van der Waals surface area contributed by atoms with Gasteiger partial charge in [-0.2, -0.15) is 0 Å². The van der Waals surface area contributed by atoms with Gasteiger partial charge in [0.05, 0.1) is 12.6 Å². The summed E-state index contributed by atoms with van der Waals surface area (Å²) in [5.74, 6) is -0.505. The summed E-state index contributed by atoms with van der Waals surface area (Å²) in [7, 11) is 0. The Kier molecular flexibility index (Phi) is 6.62. The van der Waals surface area contributed by atoms with Crippen molar-refractivity contribution in [1.82, 2.24) is 0 Å². The number of hydrogen-bond donors (Lipinski definition) is 2. The quantitative estimate of drug-likeness (QED) is 0.621. The van der Waals surface area contributed by atoms with E-state index in [0.717, 1.165) is 5.56 Å². The number of ether oxygens (including phenoxy) is 1. The molecule has 0 aliphatic rings. The SMILES string of the molecule is CCOC(=O)C=Cc1ccc(NC(=O)[C@H](N)C(C)C)cc1. The number of anilines is 1. The van der Waals surface area contributed by atoms with Crippen molar-refractivity contribution >= 4 is 23.6 Å². The molecule has 0 aliphatic carbocycles. The van der Waals surface area contributed by atoms with E-state index in [2.05, 4.69) is 5.32 Å². The van der Waals surface area contributed by atoms with E-state index in [4.69, 9.17) is 10.5 Å². The number of carbonyl (C=O) groups excluding carboxylic acids is 2. The highest BCUT2D eigenvalue weighted by atomic mass is 16.5. The zero-order chi connectivity index (χ0) is 15.8. The summed E-state index contributed by atoms with van der Waals surface area (Å²) >= 11 is 0. The molecule has 1 rings (SSSR count). The first-order chi connectivity index (χ1) is 9.93. The van der Waals surface area contributed by atoms with Gasteiger partial charge in [0.1, 0.15) is 0 Å². The molecule has 0 radical (unpaired) electrons. The number of amides is 1. The number of esters is 1. The number of nitrogens with two attached hydrogens (primary N) is 1. The monoisotopic (exact) mass is 290 g/mol. The molecule has 0 saturated carbocycles. The van der Waals surface area contributed by atoms with Gasteiger partial charge in [0.25, 0.3) is 0 Å². The van der Waals surface area contributed by atoms with Crippen LogP contribution in [-0.2, 0) is 14.3 Å². The molecule has 1 aromatic rings. The van der Waals surface area contributed by atoms with E-state index in [1.54, 1.807) is 37.3 Å². The zero-order valence-corrected chi connectivity index (χ0v) is 12.6. The maximum atomic E-state index is 11.8. The summed E-state index contributed by atoms with van der Waals surface area (Å²) in [6, 6.07) is 6.58. The second kappa shape index (κ2) is 8.21. The number of hydrogen-bond acceptors (Lipinski definition) is 4. The van der Waals surface area contributed by atoms with Crippen LogP contribution in [0.5, 0.6) is 0 Å². The molecule has 0 spiro atoms. The Balaban J connectivity index is 2.62. The lowest BCUT2D eigenvalue weighted by atomic mass is 10.0. The van der Waals surface area contributed by atoms with Crippen molar-refractivity contribution in [2.24, 2.45) is 11.7 Å². The predicted octanol–water partition coefficient (Wildman–Crippen LogP) is 2.18. The Morgan fingerprint density at radius 1 is 1.29 bits per heavy atom. The van der Waals surface area contributed by atoms with Crippen LogP contribution in [0, 0.1) is 5.92 Å². The lowest BCUT2D eigenvalue weighted by Gasteiger charge is -2.15. The van der Waals surface area contributed by atoms with Gasteiger partial charge >= 0.3 is 5.97 Å². The van der Waals surface area contributed by atoms with E-state index < -0.39 is 6.04 Å². The van der Waals surface area contributed by atoms with E-state index >= 15 is 0 Å². The topological polar surface area (TPSA) is 81.4 Å². The second-order valence-corrected chi connectivity index (χ2v) is 4.97. The Morgan fingerprint density at radius 3 is 2.43 bits per heavy atom. The molecule has 21 heavy (non-hydrogen) atoms. The lowest BCUT2D eigenvalue weighted by Crippen LogP contribution is -2.39. The predicted molar refractivity (Wildman–Crippen MR) is 83.6 cm³/mol. The smallest absolute Gasteiger partial charge is 0.330 e. The minimum Gasteiger partial charge on any atom is -0.463 e. The van der Waals surface area contributed by atoms with Gasteiger partial charge in [-0.1, -0.05) is 26.0 Å². The summed E-state index contributed by atoms with van der Waals surface area (Å²) in [6.45, 7) is 5.90. The first-order valence-corrected chi connectivity index (χ1v) is 6.95. The zero-order valence-electron chi connectivity index (χ0n) is 12.6. The molecule has 5 nitrogen and oxygen atoms in total. The number of benzene rings is 1. The van der Waals surface area contributed by atoms with Crippen molar-refractivity contribution < 1.29 is 14.3 Å². The van der Waals surface area contributed by atoms with E-state index in [9.17, 15) is 9.59 Å². The maximum absolute atomic E-state index is 11.8. The normalized spacial score (nSPS) is 12.4. The van der Waals surface area contributed by atoms with Crippen molar-refractivity contribution in [2.75, 3.05) is 11.9 Å². The largest absolute Gasteiger partial charge is 0.463 e. The average Bonchev–Trinajstić information content (AvgIpc) is 2.45. The van der Waals surface area contributed by atoms with Gasteiger partial charge in [0, 0.05) is 11.8 Å². The molecule has 0 unspecified atom stereocenters. The Bertz CT molecular complexity index is 507. The fourth-order valence-electron chi connectivity index (χ4n) is 1.56. The maximum Gasteiger partial charge on any atom is 0.330 e. The van der Waals surface area contributed by atoms with Crippen LogP contribution in [0.4, 0.5) is 5.69 Å². The standard InChI is InChI=1S/C16H22N2O3/c1-4-21-14(19)10-7-12-5-8-13(9-6-12)18-16(20)15(17)11(2)3/h5-11,15H,4,17H2,1-3H3,(H,18,20)/t15-/m1/s1. The molecule has 114 valence electrons. The summed E-state index contributed by atoms with van der Waals surface area (Å²) in [5, 5.41) is 2.76. The molecule has 5 heteroatoms. The highest BCUT2D eigenvalue weighted by molar-refractivity contribution is 5.95. The first-order valence-electron chi connectivity index (χ1n) is 6.95. The van der Waals surface area contributed by atoms with Gasteiger partial charge in [0.2, 0.25) is 5.91 Å². The van der Waals surface area contributed by atoms with Crippen LogP contribution in [0.1, 0.15) is 26.3 Å². The van der Waals surface area contributed by atoms with Crippen LogP contribution in [0.15, 0.2) is 30.3 Å². The van der Waals surface area contributed by atoms with Crippen LogP contribution in [0.25, 0.3) is 6.08 Å². The molecule has 3 N–H and O–H groups in total. The van der Waals surface area contributed by atoms with Crippen molar-refractivity contribution in [3.63, 3.8) is 0 Å². The molecule has 0 heterocycles. The van der Waals surface area contributed by atoms with Gasteiger partial charge in [-0.25, -0.2) is 4.79 Å². The third-order valence-electron chi connectivity index (χ3n) is 2.90. The summed E-state index contributed by atoms with van der Waals surface area (Å²) in [5.41, 5.74) is 7.29. The van der Waals surface area contributed by atoms with Crippen LogP contribution < -0.4 is 11.1 Å². The number of nitrogens with one attached hydrogen (secondary N) is 1. The van der Waals surface area contributed by atoms with Gasteiger partial charge in [-0.15, -0.1) is 0 Å².